The van der Waals surface area contributed by atoms with Crippen LogP contribution in [0.15, 0.2) is 24.5 Å². The van der Waals surface area contributed by atoms with Crippen LogP contribution < -0.4 is 5.32 Å². The SMILES string of the molecule is COC(=O)[C@H](CC(C)C)NC(=O)c1sc(-n2cccc2)nc1C. The molecule has 7 heteroatoms. The van der Waals surface area contributed by atoms with Crippen LogP contribution in [-0.4, -0.2) is 34.6 Å². The molecule has 1 N–H and O–H groups in total. The van der Waals surface area contributed by atoms with E-state index in [1.54, 1.807) is 6.92 Å². The lowest BCUT2D eigenvalue weighted by Gasteiger charge is -2.17. The molecule has 0 bridgehead atoms. The Morgan fingerprint density at radius 2 is 2.00 bits per heavy atom. The van der Waals surface area contributed by atoms with Crippen molar-refractivity contribution >= 4 is 23.2 Å². The van der Waals surface area contributed by atoms with Gasteiger partial charge < -0.3 is 14.6 Å². The van der Waals surface area contributed by atoms with Gasteiger partial charge in [-0.25, -0.2) is 9.78 Å². The number of rotatable bonds is 6. The molecule has 0 saturated heterocycles. The normalized spacial score (nSPS) is 12.2. The Kier molecular flexibility index (Phi) is 5.54. The van der Waals surface area contributed by atoms with Crippen LogP contribution in [0.2, 0.25) is 0 Å². The number of hydrogen-bond acceptors (Lipinski definition) is 5. The van der Waals surface area contributed by atoms with Gasteiger partial charge in [-0.3, -0.25) is 4.79 Å². The minimum Gasteiger partial charge on any atom is -0.467 e. The van der Waals surface area contributed by atoms with E-state index in [0.717, 1.165) is 5.13 Å². The molecule has 2 aromatic heterocycles. The standard InChI is InChI=1S/C16H21N3O3S/c1-10(2)9-12(15(21)22-4)18-14(20)13-11(3)17-16(23-13)19-7-5-6-8-19/h5-8,10,12H,9H2,1-4H3,(H,18,20)/t12-/m0/s1. The molecule has 0 unspecified atom stereocenters. The topological polar surface area (TPSA) is 73.2 Å². The fraction of sp³-hybridized carbons (Fsp3) is 0.438. The minimum absolute atomic E-state index is 0.261. The second-order valence-corrected chi connectivity index (χ2v) is 6.66. The van der Waals surface area contributed by atoms with Crippen molar-refractivity contribution in [3.8, 4) is 5.13 Å². The van der Waals surface area contributed by atoms with Gasteiger partial charge in [0.25, 0.3) is 5.91 Å². The quantitative estimate of drug-likeness (QED) is 0.824. The Bertz CT molecular complexity index is 677. The van der Waals surface area contributed by atoms with Crippen molar-refractivity contribution in [3.63, 3.8) is 0 Å². The molecular formula is C16H21N3O3S. The molecule has 1 atom stereocenters. The molecule has 124 valence electrons. The van der Waals surface area contributed by atoms with Crippen LogP contribution in [0, 0.1) is 12.8 Å². The number of nitrogens with zero attached hydrogens (tertiary/aromatic N) is 2. The number of amides is 1. The summed E-state index contributed by atoms with van der Waals surface area (Å²) in [7, 11) is 1.32. The van der Waals surface area contributed by atoms with Gasteiger partial charge in [-0.05, 0) is 31.4 Å². The third-order valence-electron chi connectivity index (χ3n) is 3.31. The Hall–Kier alpha value is -2.15. The van der Waals surface area contributed by atoms with Gasteiger partial charge in [-0.1, -0.05) is 25.2 Å². The van der Waals surface area contributed by atoms with E-state index in [1.165, 1.54) is 18.4 Å². The summed E-state index contributed by atoms with van der Waals surface area (Å²) in [6.45, 7) is 5.77. The number of esters is 1. The van der Waals surface area contributed by atoms with E-state index in [2.05, 4.69) is 10.3 Å². The summed E-state index contributed by atoms with van der Waals surface area (Å²) >= 11 is 1.29. The predicted molar refractivity (Wildman–Crippen MR) is 88.9 cm³/mol. The molecule has 0 fully saturated rings. The van der Waals surface area contributed by atoms with Crippen LogP contribution in [0.1, 0.15) is 35.6 Å². The first kappa shape index (κ1) is 17.2. The van der Waals surface area contributed by atoms with Crippen LogP contribution in [0.4, 0.5) is 0 Å². The summed E-state index contributed by atoms with van der Waals surface area (Å²) in [6.07, 6.45) is 4.27. The zero-order valence-corrected chi connectivity index (χ0v) is 14.5. The van der Waals surface area contributed by atoms with Crippen LogP contribution in [0.25, 0.3) is 5.13 Å². The third-order valence-corrected chi connectivity index (χ3v) is 4.48. The lowest BCUT2D eigenvalue weighted by molar-refractivity contribution is -0.143. The highest BCUT2D eigenvalue weighted by Crippen LogP contribution is 2.22. The van der Waals surface area contributed by atoms with Crippen LogP contribution >= 0.6 is 11.3 Å². The van der Waals surface area contributed by atoms with Gasteiger partial charge in [0.05, 0.1) is 12.8 Å². The van der Waals surface area contributed by atoms with Gasteiger partial charge in [0.2, 0.25) is 0 Å². The summed E-state index contributed by atoms with van der Waals surface area (Å²) in [5, 5.41) is 3.48. The van der Waals surface area contributed by atoms with E-state index in [-0.39, 0.29) is 11.8 Å². The number of ether oxygens (including phenoxy) is 1. The van der Waals surface area contributed by atoms with E-state index in [9.17, 15) is 9.59 Å². The van der Waals surface area contributed by atoms with E-state index in [0.29, 0.717) is 17.0 Å². The van der Waals surface area contributed by atoms with Crippen molar-refractivity contribution in [2.75, 3.05) is 7.11 Å². The Labute approximate surface area is 139 Å². The molecule has 2 aromatic rings. The van der Waals surface area contributed by atoms with Crippen LogP contribution in [0.5, 0.6) is 0 Å². The predicted octanol–water partition coefficient (Wildman–Crippen LogP) is 2.56. The first-order valence-electron chi connectivity index (χ1n) is 7.41. The van der Waals surface area contributed by atoms with Gasteiger partial charge in [-0.15, -0.1) is 0 Å². The van der Waals surface area contributed by atoms with E-state index in [1.807, 2.05) is 42.9 Å². The number of thiazole rings is 1. The Morgan fingerprint density at radius 3 is 2.57 bits per heavy atom. The van der Waals surface area contributed by atoms with Crippen LogP contribution in [0.3, 0.4) is 0 Å². The molecule has 0 radical (unpaired) electrons. The first-order valence-corrected chi connectivity index (χ1v) is 8.23. The van der Waals surface area contributed by atoms with E-state index in [4.69, 9.17) is 4.74 Å². The number of nitrogens with one attached hydrogen (secondary N) is 1. The molecule has 0 aliphatic carbocycles. The smallest absolute Gasteiger partial charge is 0.328 e. The maximum Gasteiger partial charge on any atom is 0.328 e. The molecule has 0 aromatic carbocycles. The fourth-order valence-electron chi connectivity index (χ4n) is 2.22. The monoisotopic (exact) mass is 335 g/mol. The molecule has 6 nitrogen and oxygen atoms in total. The lowest BCUT2D eigenvalue weighted by atomic mass is 10.0. The summed E-state index contributed by atoms with van der Waals surface area (Å²) in [5.41, 5.74) is 0.643. The third kappa shape index (κ3) is 4.19. The van der Waals surface area contributed by atoms with Crippen molar-refractivity contribution in [3.05, 3.63) is 35.1 Å². The number of methoxy groups -OCH3 is 1. The molecule has 1 amide bonds. The van der Waals surface area contributed by atoms with Crippen LogP contribution in [-0.2, 0) is 9.53 Å². The molecule has 0 spiro atoms. The zero-order valence-electron chi connectivity index (χ0n) is 13.7. The van der Waals surface area contributed by atoms with Gasteiger partial charge >= 0.3 is 5.97 Å². The fourth-order valence-corrected chi connectivity index (χ4v) is 3.15. The number of carbonyl (C=O) groups is 2. The number of aryl methyl sites for hydroxylation is 1. The van der Waals surface area contributed by atoms with Gasteiger partial charge in [0, 0.05) is 12.4 Å². The molecule has 23 heavy (non-hydrogen) atoms. The number of aromatic nitrogens is 2. The molecule has 2 rings (SSSR count). The van der Waals surface area contributed by atoms with Crippen molar-refractivity contribution < 1.29 is 14.3 Å². The highest BCUT2D eigenvalue weighted by Gasteiger charge is 2.25. The average Bonchev–Trinajstić information content (AvgIpc) is 3.14. The Morgan fingerprint density at radius 1 is 1.35 bits per heavy atom. The maximum absolute atomic E-state index is 12.5. The average molecular weight is 335 g/mol. The molecular weight excluding hydrogens is 314 g/mol. The second kappa shape index (κ2) is 7.41. The lowest BCUT2D eigenvalue weighted by Crippen LogP contribution is -2.42. The minimum atomic E-state index is -0.649. The van der Waals surface area contributed by atoms with E-state index < -0.39 is 12.0 Å². The van der Waals surface area contributed by atoms with Crippen molar-refractivity contribution in [2.24, 2.45) is 5.92 Å². The first-order chi connectivity index (χ1) is 10.9. The molecule has 0 aliphatic heterocycles. The van der Waals surface area contributed by atoms with Gasteiger partial charge in [-0.2, -0.15) is 0 Å². The summed E-state index contributed by atoms with van der Waals surface area (Å²) in [6, 6.07) is 3.14. The second-order valence-electron chi connectivity index (χ2n) is 5.68. The van der Waals surface area contributed by atoms with Gasteiger partial charge in [0.15, 0.2) is 5.13 Å². The summed E-state index contributed by atoms with van der Waals surface area (Å²) < 4.78 is 6.62. The molecule has 0 aliphatic rings. The maximum atomic E-state index is 12.5. The largest absolute Gasteiger partial charge is 0.467 e. The highest BCUT2D eigenvalue weighted by atomic mass is 32.1. The van der Waals surface area contributed by atoms with Crippen molar-refractivity contribution in [1.82, 2.24) is 14.9 Å². The number of carbonyl (C=O) groups excluding carboxylic acids is 2. The zero-order chi connectivity index (χ0) is 17.0. The molecule has 2 heterocycles. The Balaban J connectivity index is 2.17. The van der Waals surface area contributed by atoms with Crippen molar-refractivity contribution in [1.29, 1.82) is 0 Å². The highest BCUT2D eigenvalue weighted by molar-refractivity contribution is 7.16. The summed E-state index contributed by atoms with van der Waals surface area (Å²) in [4.78, 5) is 29.3. The van der Waals surface area contributed by atoms with E-state index >= 15 is 0 Å². The van der Waals surface area contributed by atoms with Crippen molar-refractivity contribution in [2.45, 2.75) is 33.2 Å². The number of hydrogen-bond donors (Lipinski definition) is 1. The molecule has 0 saturated carbocycles. The summed E-state index contributed by atoms with van der Waals surface area (Å²) in [5.74, 6) is -0.466. The van der Waals surface area contributed by atoms with Gasteiger partial charge in [0.1, 0.15) is 10.9 Å².